The molecule has 5 heteroatoms. The summed E-state index contributed by atoms with van der Waals surface area (Å²) < 4.78 is 5.55. The Kier molecular flexibility index (Phi) is 5.61. The zero-order valence-electron chi connectivity index (χ0n) is 13.2. The maximum atomic E-state index is 11.9. The van der Waals surface area contributed by atoms with Gasteiger partial charge in [0.05, 0.1) is 24.6 Å². The van der Waals surface area contributed by atoms with E-state index in [9.17, 15) is 4.79 Å². The minimum Gasteiger partial charge on any atom is -0.374 e. The van der Waals surface area contributed by atoms with Crippen molar-refractivity contribution in [3.63, 3.8) is 0 Å². The fourth-order valence-corrected chi connectivity index (χ4v) is 1.80. The first-order valence-corrected chi connectivity index (χ1v) is 7.31. The topological polar surface area (TPSA) is 64.1 Å². The van der Waals surface area contributed by atoms with Crippen LogP contribution in [0, 0.1) is 6.92 Å². The molecule has 116 valence electrons. The number of hydrogen-bond acceptors (Lipinski definition) is 4. The van der Waals surface area contributed by atoms with Crippen molar-refractivity contribution >= 4 is 5.91 Å². The molecule has 1 aromatic carbocycles. The van der Waals surface area contributed by atoms with Crippen molar-refractivity contribution in [3.05, 3.63) is 59.2 Å². The van der Waals surface area contributed by atoms with Gasteiger partial charge in [0, 0.05) is 12.7 Å². The van der Waals surface area contributed by atoms with Crippen LogP contribution in [0.3, 0.4) is 0 Å². The van der Waals surface area contributed by atoms with Crippen molar-refractivity contribution in [2.75, 3.05) is 0 Å². The number of rotatable bonds is 6. The van der Waals surface area contributed by atoms with Gasteiger partial charge in [-0.05, 0) is 31.9 Å². The molecule has 0 spiro atoms. The van der Waals surface area contributed by atoms with Gasteiger partial charge in [0.15, 0.2) is 0 Å². The Hall–Kier alpha value is -2.27. The summed E-state index contributed by atoms with van der Waals surface area (Å²) >= 11 is 0. The van der Waals surface area contributed by atoms with Gasteiger partial charge in [-0.2, -0.15) is 0 Å². The van der Waals surface area contributed by atoms with E-state index in [1.807, 2.05) is 45.0 Å². The van der Waals surface area contributed by atoms with Crippen LogP contribution in [0.4, 0.5) is 0 Å². The van der Waals surface area contributed by atoms with Crippen LogP contribution in [0.5, 0.6) is 0 Å². The molecule has 0 aliphatic carbocycles. The molecule has 2 aromatic rings. The average molecular weight is 299 g/mol. The van der Waals surface area contributed by atoms with Crippen molar-refractivity contribution < 1.29 is 9.53 Å². The van der Waals surface area contributed by atoms with Crippen molar-refractivity contribution in [2.45, 2.75) is 40.0 Å². The molecule has 1 N–H and O–H groups in total. The van der Waals surface area contributed by atoms with Crippen molar-refractivity contribution in [1.82, 2.24) is 15.3 Å². The standard InChI is InChI=1S/C17H21N3O2/c1-12(2)22-11-15-6-4-14(5-7-15)9-20-17(21)16-10-18-13(3)8-19-16/h4-8,10,12H,9,11H2,1-3H3,(H,20,21). The lowest BCUT2D eigenvalue weighted by Gasteiger charge is -2.09. The first-order valence-electron chi connectivity index (χ1n) is 7.31. The summed E-state index contributed by atoms with van der Waals surface area (Å²) in [5, 5.41) is 2.83. The Morgan fingerprint density at radius 3 is 2.41 bits per heavy atom. The van der Waals surface area contributed by atoms with Gasteiger partial charge in [0.2, 0.25) is 0 Å². The van der Waals surface area contributed by atoms with Crippen LogP contribution in [-0.4, -0.2) is 22.0 Å². The second kappa shape index (κ2) is 7.66. The highest BCUT2D eigenvalue weighted by Crippen LogP contribution is 2.07. The lowest BCUT2D eigenvalue weighted by Crippen LogP contribution is -2.24. The molecule has 2 rings (SSSR count). The second-order valence-electron chi connectivity index (χ2n) is 5.40. The summed E-state index contributed by atoms with van der Waals surface area (Å²) in [5.41, 5.74) is 3.26. The Balaban J connectivity index is 1.86. The maximum absolute atomic E-state index is 11.9. The average Bonchev–Trinajstić information content (AvgIpc) is 2.52. The number of amides is 1. The number of hydrogen-bond donors (Lipinski definition) is 1. The first-order chi connectivity index (χ1) is 10.5. The minimum atomic E-state index is -0.222. The molecule has 22 heavy (non-hydrogen) atoms. The van der Waals surface area contributed by atoms with Gasteiger partial charge in [-0.25, -0.2) is 4.98 Å². The van der Waals surface area contributed by atoms with Crippen molar-refractivity contribution in [3.8, 4) is 0 Å². The molecule has 0 aliphatic heterocycles. The third-order valence-electron chi connectivity index (χ3n) is 3.07. The molecule has 1 amide bonds. The highest BCUT2D eigenvalue weighted by Gasteiger charge is 2.07. The first kappa shape index (κ1) is 16.1. The number of aromatic nitrogens is 2. The third kappa shape index (κ3) is 4.93. The molecule has 1 aromatic heterocycles. The fourth-order valence-electron chi connectivity index (χ4n) is 1.80. The smallest absolute Gasteiger partial charge is 0.271 e. The maximum Gasteiger partial charge on any atom is 0.271 e. The highest BCUT2D eigenvalue weighted by atomic mass is 16.5. The number of benzene rings is 1. The zero-order chi connectivity index (χ0) is 15.9. The summed E-state index contributed by atoms with van der Waals surface area (Å²) in [6.45, 7) is 6.91. The lowest BCUT2D eigenvalue weighted by atomic mass is 10.1. The SMILES string of the molecule is Cc1cnc(C(=O)NCc2ccc(COC(C)C)cc2)cn1. The molecule has 0 bridgehead atoms. The molecular weight excluding hydrogens is 278 g/mol. The number of aryl methyl sites for hydroxylation is 1. The molecular formula is C17H21N3O2. The number of ether oxygens (including phenoxy) is 1. The van der Waals surface area contributed by atoms with Gasteiger partial charge < -0.3 is 10.1 Å². The second-order valence-corrected chi connectivity index (χ2v) is 5.40. The van der Waals surface area contributed by atoms with Crippen LogP contribution in [-0.2, 0) is 17.9 Å². The van der Waals surface area contributed by atoms with E-state index in [1.165, 1.54) is 6.20 Å². The predicted molar refractivity (Wildman–Crippen MR) is 84.3 cm³/mol. The van der Waals surface area contributed by atoms with Gasteiger partial charge in [0.1, 0.15) is 5.69 Å². The minimum absolute atomic E-state index is 0.217. The Morgan fingerprint density at radius 1 is 1.14 bits per heavy atom. The largest absolute Gasteiger partial charge is 0.374 e. The Morgan fingerprint density at radius 2 is 1.82 bits per heavy atom. The number of carbonyl (C=O) groups excluding carboxylic acids is 1. The van der Waals surface area contributed by atoms with E-state index in [-0.39, 0.29) is 12.0 Å². The molecule has 0 saturated carbocycles. The van der Waals surface area contributed by atoms with Crippen LogP contribution >= 0.6 is 0 Å². The molecule has 0 fully saturated rings. The van der Waals surface area contributed by atoms with Crippen molar-refractivity contribution in [1.29, 1.82) is 0 Å². The van der Waals surface area contributed by atoms with E-state index in [4.69, 9.17) is 4.74 Å². The van der Waals surface area contributed by atoms with Crippen LogP contribution in [0.1, 0.15) is 41.2 Å². The summed E-state index contributed by atoms with van der Waals surface area (Å²) in [4.78, 5) is 20.1. The number of carbonyl (C=O) groups is 1. The third-order valence-corrected chi connectivity index (χ3v) is 3.07. The summed E-state index contributed by atoms with van der Waals surface area (Å²) in [7, 11) is 0. The van der Waals surface area contributed by atoms with Crippen LogP contribution < -0.4 is 5.32 Å². The zero-order valence-corrected chi connectivity index (χ0v) is 13.2. The predicted octanol–water partition coefficient (Wildman–Crippen LogP) is 2.64. The normalized spacial score (nSPS) is 10.7. The number of nitrogens with one attached hydrogen (secondary N) is 1. The summed E-state index contributed by atoms with van der Waals surface area (Å²) in [6, 6.07) is 7.99. The highest BCUT2D eigenvalue weighted by molar-refractivity contribution is 5.91. The van der Waals surface area contributed by atoms with E-state index in [0.29, 0.717) is 18.8 Å². The molecule has 0 unspecified atom stereocenters. The van der Waals surface area contributed by atoms with Gasteiger partial charge in [0.25, 0.3) is 5.91 Å². The van der Waals surface area contributed by atoms with E-state index >= 15 is 0 Å². The lowest BCUT2D eigenvalue weighted by molar-refractivity contribution is 0.0657. The van der Waals surface area contributed by atoms with E-state index < -0.39 is 0 Å². The van der Waals surface area contributed by atoms with Crippen LogP contribution in [0.2, 0.25) is 0 Å². The Labute approximate surface area is 130 Å². The van der Waals surface area contributed by atoms with Gasteiger partial charge in [-0.3, -0.25) is 9.78 Å². The van der Waals surface area contributed by atoms with Gasteiger partial charge >= 0.3 is 0 Å². The van der Waals surface area contributed by atoms with Gasteiger partial charge in [-0.1, -0.05) is 24.3 Å². The molecule has 0 aliphatic rings. The molecule has 0 atom stereocenters. The molecule has 0 radical (unpaired) electrons. The monoisotopic (exact) mass is 299 g/mol. The van der Waals surface area contributed by atoms with Crippen molar-refractivity contribution in [2.24, 2.45) is 0 Å². The summed E-state index contributed by atoms with van der Waals surface area (Å²) in [5.74, 6) is -0.222. The number of nitrogens with zero attached hydrogens (tertiary/aromatic N) is 2. The summed E-state index contributed by atoms with van der Waals surface area (Å²) in [6.07, 6.45) is 3.28. The molecule has 5 nitrogen and oxygen atoms in total. The quantitative estimate of drug-likeness (QED) is 0.890. The Bertz CT molecular complexity index is 607. The fraction of sp³-hybridized carbons (Fsp3) is 0.353. The molecule has 1 heterocycles. The van der Waals surface area contributed by atoms with E-state index in [0.717, 1.165) is 16.8 Å². The van der Waals surface area contributed by atoms with E-state index in [2.05, 4.69) is 15.3 Å². The van der Waals surface area contributed by atoms with Gasteiger partial charge in [-0.15, -0.1) is 0 Å². The van der Waals surface area contributed by atoms with Crippen LogP contribution in [0.25, 0.3) is 0 Å². The molecule has 0 saturated heterocycles. The van der Waals surface area contributed by atoms with E-state index in [1.54, 1.807) is 6.20 Å². The van der Waals surface area contributed by atoms with Crippen LogP contribution in [0.15, 0.2) is 36.7 Å².